The quantitative estimate of drug-likeness (QED) is 0.602. The van der Waals surface area contributed by atoms with Gasteiger partial charge in [-0.3, -0.25) is 9.59 Å². The van der Waals surface area contributed by atoms with Gasteiger partial charge in [0.2, 0.25) is 5.91 Å². The van der Waals surface area contributed by atoms with Crippen LogP contribution in [0.1, 0.15) is 45.6 Å². The minimum atomic E-state index is -0.776. The van der Waals surface area contributed by atoms with Crippen molar-refractivity contribution in [3.8, 4) is 11.8 Å². The molecule has 0 radical (unpaired) electrons. The number of amides is 2. The van der Waals surface area contributed by atoms with Gasteiger partial charge >= 0.3 is 0 Å². The Morgan fingerprint density at radius 3 is 2.52 bits per heavy atom. The fourth-order valence-electron chi connectivity index (χ4n) is 3.91. The average Bonchev–Trinajstić information content (AvgIpc) is 3.32. The molecule has 2 atom stereocenters. The third-order valence-electron chi connectivity index (χ3n) is 5.61. The number of hydrogen-bond acceptors (Lipinski definition) is 5. The van der Waals surface area contributed by atoms with Crippen LogP contribution in [-0.2, 0) is 9.59 Å². The van der Waals surface area contributed by atoms with Gasteiger partial charge in [0.1, 0.15) is 11.8 Å². The number of hydrogen-bond donors (Lipinski definition) is 2. The predicted octanol–water partition coefficient (Wildman–Crippen LogP) is 4.10. The summed E-state index contributed by atoms with van der Waals surface area (Å²) in [6.45, 7) is 7.63. The zero-order valence-corrected chi connectivity index (χ0v) is 19.5. The second-order valence-corrected chi connectivity index (χ2v) is 8.80. The number of nitriles is 1. The first-order valence-electron chi connectivity index (χ1n) is 11.5. The Balaban J connectivity index is 1.55. The second kappa shape index (κ2) is 11.4. The van der Waals surface area contributed by atoms with Crippen LogP contribution in [0.5, 0.6) is 5.75 Å². The van der Waals surface area contributed by atoms with Crippen molar-refractivity contribution in [1.29, 1.82) is 5.26 Å². The van der Waals surface area contributed by atoms with E-state index in [0.29, 0.717) is 11.3 Å². The van der Waals surface area contributed by atoms with E-state index >= 15 is 0 Å². The van der Waals surface area contributed by atoms with Gasteiger partial charge in [0, 0.05) is 36.9 Å². The summed E-state index contributed by atoms with van der Waals surface area (Å²) in [6, 6.07) is 16.4. The molecule has 2 unspecified atom stereocenters. The molecule has 174 valence electrons. The molecule has 1 heterocycles. The van der Waals surface area contributed by atoms with E-state index in [1.807, 2.05) is 32.0 Å². The van der Waals surface area contributed by atoms with Gasteiger partial charge in [0.15, 0.2) is 6.10 Å². The zero-order chi connectivity index (χ0) is 23.8. The lowest BCUT2D eigenvalue weighted by atomic mass is 10.1. The molecular weight excluding hydrogens is 416 g/mol. The molecule has 33 heavy (non-hydrogen) atoms. The number of carbonyl (C=O) groups excluding carboxylic acids is 2. The van der Waals surface area contributed by atoms with Crippen molar-refractivity contribution in [1.82, 2.24) is 5.32 Å². The van der Waals surface area contributed by atoms with E-state index in [1.54, 1.807) is 31.2 Å². The van der Waals surface area contributed by atoms with Crippen LogP contribution in [0.15, 0.2) is 48.5 Å². The Hall–Kier alpha value is -3.53. The summed E-state index contributed by atoms with van der Waals surface area (Å²) in [5, 5.41) is 15.1. The largest absolute Gasteiger partial charge is 0.479 e. The van der Waals surface area contributed by atoms with Crippen LogP contribution in [0.25, 0.3) is 0 Å². The molecule has 1 saturated heterocycles. The first-order chi connectivity index (χ1) is 15.9. The molecule has 1 fully saturated rings. The van der Waals surface area contributed by atoms with E-state index in [2.05, 4.69) is 27.7 Å². The highest BCUT2D eigenvalue weighted by molar-refractivity contribution is 5.92. The lowest BCUT2D eigenvalue weighted by Gasteiger charge is -2.24. The summed E-state index contributed by atoms with van der Waals surface area (Å²) in [5.74, 6) is -0.226. The topological polar surface area (TPSA) is 94.5 Å². The lowest BCUT2D eigenvalue weighted by Crippen LogP contribution is -2.46. The van der Waals surface area contributed by atoms with Crippen LogP contribution < -0.4 is 20.3 Å². The average molecular weight is 449 g/mol. The van der Waals surface area contributed by atoms with E-state index in [9.17, 15) is 14.9 Å². The zero-order valence-electron chi connectivity index (χ0n) is 19.5. The van der Waals surface area contributed by atoms with Crippen molar-refractivity contribution < 1.29 is 14.3 Å². The SMILES string of the molecule is CC(CC(=O)Nc1cccc(N2CCCC2)c1)NC(=O)C(Oc1ccccc1C#N)C(C)C. The van der Waals surface area contributed by atoms with Gasteiger partial charge in [-0.1, -0.05) is 32.0 Å². The summed E-state index contributed by atoms with van der Waals surface area (Å²) < 4.78 is 5.88. The fraction of sp³-hybridized carbons (Fsp3) is 0.423. The minimum Gasteiger partial charge on any atom is -0.479 e. The molecule has 0 bridgehead atoms. The number of benzene rings is 2. The summed E-state index contributed by atoms with van der Waals surface area (Å²) in [4.78, 5) is 27.8. The van der Waals surface area contributed by atoms with Gasteiger partial charge in [0.05, 0.1) is 5.56 Å². The molecule has 2 aromatic rings. The first kappa shape index (κ1) is 24.1. The molecule has 1 aliphatic heterocycles. The van der Waals surface area contributed by atoms with Crippen molar-refractivity contribution in [2.45, 2.75) is 52.2 Å². The first-order valence-corrected chi connectivity index (χ1v) is 11.5. The third kappa shape index (κ3) is 6.72. The molecule has 2 N–H and O–H groups in total. The molecule has 3 rings (SSSR count). The van der Waals surface area contributed by atoms with Crippen molar-refractivity contribution in [2.24, 2.45) is 5.92 Å². The van der Waals surface area contributed by atoms with E-state index < -0.39 is 6.10 Å². The van der Waals surface area contributed by atoms with E-state index in [0.717, 1.165) is 24.5 Å². The summed E-state index contributed by atoms with van der Waals surface area (Å²) in [5.41, 5.74) is 2.24. The number of anilines is 2. The van der Waals surface area contributed by atoms with Crippen LogP contribution in [0.2, 0.25) is 0 Å². The maximum Gasteiger partial charge on any atom is 0.261 e. The van der Waals surface area contributed by atoms with Crippen molar-refractivity contribution in [2.75, 3.05) is 23.3 Å². The van der Waals surface area contributed by atoms with Gasteiger partial charge in [-0.05, 0) is 56.0 Å². The highest BCUT2D eigenvalue weighted by Crippen LogP contribution is 2.24. The maximum absolute atomic E-state index is 12.9. The molecule has 0 saturated carbocycles. The summed E-state index contributed by atoms with van der Waals surface area (Å²) >= 11 is 0. The van der Waals surface area contributed by atoms with Gasteiger partial charge < -0.3 is 20.3 Å². The highest BCUT2D eigenvalue weighted by atomic mass is 16.5. The second-order valence-electron chi connectivity index (χ2n) is 8.80. The monoisotopic (exact) mass is 448 g/mol. The molecule has 0 aromatic heterocycles. The Labute approximate surface area is 195 Å². The van der Waals surface area contributed by atoms with Gasteiger partial charge in [-0.25, -0.2) is 0 Å². The van der Waals surface area contributed by atoms with Crippen LogP contribution in [0.3, 0.4) is 0 Å². The van der Waals surface area contributed by atoms with E-state index in [1.165, 1.54) is 12.8 Å². The number of rotatable bonds is 9. The molecule has 7 heteroatoms. The van der Waals surface area contributed by atoms with Crippen LogP contribution in [-0.4, -0.2) is 37.0 Å². The number of nitrogens with zero attached hydrogens (tertiary/aromatic N) is 2. The number of nitrogens with one attached hydrogen (secondary N) is 2. The predicted molar refractivity (Wildman–Crippen MR) is 129 cm³/mol. The van der Waals surface area contributed by atoms with Gasteiger partial charge in [-0.2, -0.15) is 5.26 Å². The fourth-order valence-corrected chi connectivity index (χ4v) is 3.91. The molecule has 7 nitrogen and oxygen atoms in total. The van der Waals surface area contributed by atoms with Crippen LogP contribution >= 0.6 is 0 Å². The smallest absolute Gasteiger partial charge is 0.261 e. The van der Waals surface area contributed by atoms with Crippen molar-refractivity contribution in [3.05, 3.63) is 54.1 Å². The van der Waals surface area contributed by atoms with E-state index in [-0.39, 0.29) is 30.2 Å². The number of ether oxygens (including phenoxy) is 1. The Morgan fingerprint density at radius 2 is 1.82 bits per heavy atom. The van der Waals surface area contributed by atoms with Crippen LogP contribution in [0.4, 0.5) is 11.4 Å². The molecular formula is C26H32N4O3. The van der Waals surface area contributed by atoms with Crippen molar-refractivity contribution >= 4 is 23.2 Å². The lowest BCUT2D eigenvalue weighted by molar-refractivity contribution is -0.130. The molecule has 2 aromatic carbocycles. The Bertz CT molecular complexity index is 1010. The molecule has 2 amide bonds. The normalized spacial score (nSPS) is 14.9. The number of carbonyl (C=O) groups is 2. The highest BCUT2D eigenvalue weighted by Gasteiger charge is 2.27. The summed E-state index contributed by atoms with van der Waals surface area (Å²) in [6.07, 6.45) is 1.75. The maximum atomic E-state index is 12.9. The third-order valence-corrected chi connectivity index (χ3v) is 5.61. The minimum absolute atomic E-state index is 0.119. The molecule has 0 spiro atoms. The van der Waals surface area contributed by atoms with E-state index in [4.69, 9.17) is 4.74 Å². The van der Waals surface area contributed by atoms with Gasteiger partial charge in [-0.15, -0.1) is 0 Å². The molecule has 0 aliphatic carbocycles. The Morgan fingerprint density at radius 1 is 1.09 bits per heavy atom. The summed E-state index contributed by atoms with van der Waals surface area (Å²) in [7, 11) is 0. The molecule has 1 aliphatic rings. The van der Waals surface area contributed by atoms with Crippen LogP contribution in [0, 0.1) is 17.2 Å². The number of para-hydroxylation sites is 1. The van der Waals surface area contributed by atoms with Crippen molar-refractivity contribution in [3.63, 3.8) is 0 Å². The van der Waals surface area contributed by atoms with Gasteiger partial charge in [0.25, 0.3) is 5.91 Å². The standard InChI is InChI=1S/C26H32N4O3/c1-18(2)25(33-23-12-5-4-9-20(23)17-27)26(32)28-19(3)15-24(31)29-21-10-8-11-22(16-21)30-13-6-7-14-30/h4-5,8-12,16,18-19,25H,6-7,13-15H2,1-3H3,(H,28,32)(H,29,31). The Kier molecular flexibility index (Phi) is 8.31.